The zero-order chi connectivity index (χ0) is 10.7. The second-order valence-electron chi connectivity index (χ2n) is 3.91. The van der Waals surface area contributed by atoms with Gasteiger partial charge in [0, 0.05) is 12.1 Å². The van der Waals surface area contributed by atoms with Crippen molar-refractivity contribution >= 4 is 11.7 Å². The van der Waals surface area contributed by atoms with Gasteiger partial charge in [-0.1, -0.05) is 13.0 Å². The molecule has 1 aliphatic heterocycles. The van der Waals surface area contributed by atoms with Crippen molar-refractivity contribution in [1.82, 2.24) is 10.3 Å². The van der Waals surface area contributed by atoms with Crippen molar-refractivity contribution in [3.8, 4) is 0 Å². The fraction of sp³-hybridized carbons (Fsp3) is 0.455. The lowest BCUT2D eigenvalue weighted by atomic mass is 9.88. The van der Waals surface area contributed by atoms with Gasteiger partial charge in [-0.25, -0.2) is 4.98 Å². The van der Waals surface area contributed by atoms with Crippen LogP contribution < -0.4 is 10.6 Å². The molecule has 0 aromatic carbocycles. The first kappa shape index (κ1) is 10.1. The molecule has 4 nitrogen and oxygen atoms in total. The number of carbonyl (C=O) groups is 1. The molecule has 0 bridgehead atoms. The minimum Gasteiger partial charge on any atom is -0.316 e. The summed E-state index contributed by atoms with van der Waals surface area (Å²) in [5.74, 6) is 1.20. The number of aromatic nitrogens is 1. The third kappa shape index (κ3) is 2.33. The van der Waals surface area contributed by atoms with E-state index in [1.54, 1.807) is 12.3 Å². The van der Waals surface area contributed by atoms with E-state index in [1.807, 2.05) is 19.1 Å². The molecule has 1 fully saturated rings. The van der Waals surface area contributed by atoms with Gasteiger partial charge in [0.1, 0.15) is 5.82 Å². The summed E-state index contributed by atoms with van der Waals surface area (Å²) in [4.78, 5) is 15.8. The maximum absolute atomic E-state index is 11.8. The fourth-order valence-corrected chi connectivity index (χ4v) is 1.56. The van der Waals surface area contributed by atoms with Crippen molar-refractivity contribution in [2.45, 2.75) is 6.92 Å². The lowest BCUT2D eigenvalue weighted by molar-refractivity contribution is -0.121. The standard InChI is InChI=1S/C11H15N3O/c1-8(9-6-12-7-9)11(15)14-10-4-2-3-5-13-10/h2-5,8-9,12H,6-7H2,1H3,(H,13,14,15). The highest BCUT2D eigenvalue weighted by atomic mass is 16.1. The highest BCUT2D eigenvalue weighted by Gasteiger charge is 2.28. The number of hydrogen-bond donors (Lipinski definition) is 2. The number of nitrogens with one attached hydrogen (secondary N) is 2. The molecule has 80 valence electrons. The number of amides is 1. The van der Waals surface area contributed by atoms with Crippen LogP contribution in [0.5, 0.6) is 0 Å². The van der Waals surface area contributed by atoms with Crippen LogP contribution in [0.15, 0.2) is 24.4 Å². The van der Waals surface area contributed by atoms with E-state index in [0.717, 1.165) is 13.1 Å². The van der Waals surface area contributed by atoms with Gasteiger partial charge in [0.25, 0.3) is 0 Å². The lowest BCUT2D eigenvalue weighted by Gasteiger charge is -2.31. The summed E-state index contributed by atoms with van der Waals surface area (Å²) in [6, 6.07) is 5.48. The molecule has 2 N–H and O–H groups in total. The van der Waals surface area contributed by atoms with Crippen molar-refractivity contribution in [2.75, 3.05) is 18.4 Å². The maximum Gasteiger partial charge on any atom is 0.228 e. The fourth-order valence-electron chi connectivity index (χ4n) is 1.56. The molecule has 2 heterocycles. The Kier molecular flexibility index (Phi) is 2.97. The van der Waals surface area contributed by atoms with E-state index in [-0.39, 0.29) is 11.8 Å². The number of hydrogen-bond acceptors (Lipinski definition) is 3. The molecule has 0 radical (unpaired) electrons. The van der Waals surface area contributed by atoms with E-state index in [4.69, 9.17) is 0 Å². The summed E-state index contributed by atoms with van der Waals surface area (Å²) in [7, 11) is 0. The predicted octanol–water partition coefficient (Wildman–Crippen LogP) is 0.876. The molecule has 1 aromatic rings. The van der Waals surface area contributed by atoms with E-state index in [9.17, 15) is 4.79 Å². The second-order valence-corrected chi connectivity index (χ2v) is 3.91. The van der Waals surface area contributed by atoms with Gasteiger partial charge in [0.05, 0.1) is 0 Å². The van der Waals surface area contributed by atoms with Gasteiger partial charge in [0.15, 0.2) is 0 Å². The third-order valence-electron chi connectivity index (χ3n) is 2.85. The average molecular weight is 205 g/mol. The molecular formula is C11H15N3O. The molecule has 0 spiro atoms. The van der Waals surface area contributed by atoms with Gasteiger partial charge in [0.2, 0.25) is 5.91 Å². The molecule has 1 amide bonds. The zero-order valence-corrected chi connectivity index (χ0v) is 8.73. The Morgan fingerprint density at radius 3 is 2.93 bits per heavy atom. The van der Waals surface area contributed by atoms with Crippen LogP contribution in [0.4, 0.5) is 5.82 Å². The van der Waals surface area contributed by atoms with Gasteiger partial charge in [-0.05, 0) is 31.1 Å². The molecule has 0 aliphatic carbocycles. The number of pyridine rings is 1. The summed E-state index contributed by atoms with van der Waals surface area (Å²) in [6.45, 7) is 3.84. The summed E-state index contributed by atoms with van der Waals surface area (Å²) in [5.41, 5.74) is 0. The Balaban J connectivity index is 1.91. The minimum absolute atomic E-state index is 0.0493. The summed E-state index contributed by atoms with van der Waals surface area (Å²) >= 11 is 0. The highest BCUT2D eigenvalue weighted by molar-refractivity contribution is 5.91. The largest absolute Gasteiger partial charge is 0.316 e. The summed E-state index contributed by atoms with van der Waals surface area (Å²) in [5, 5.41) is 5.98. The first-order chi connectivity index (χ1) is 7.27. The van der Waals surface area contributed by atoms with Crippen molar-refractivity contribution < 1.29 is 4.79 Å². The van der Waals surface area contributed by atoms with Crippen LogP contribution in [-0.2, 0) is 4.79 Å². The lowest BCUT2D eigenvalue weighted by Crippen LogP contribution is -2.48. The zero-order valence-electron chi connectivity index (χ0n) is 8.73. The maximum atomic E-state index is 11.8. The molecule has 1 saturated heterocycles. The molecule has 1 aromatic heterocycles. The van der Waals surface area contributed by atoms with E-state index in [1.165, 1.54) is 0 Å². The molecule has 1 aliphatic rings. The quantitative estimate of drug-likeness (QED) is 0.770. The molecule has 0 saturated carbocycles. The van der Waals surface area contributed by atoms with Gasteiger partial charge < -0.3 is 10.6 Å². The number of anilines is 1. The van der Waals surface area contributed by atoms with Crippen LogP contribution in [0.3, 0.4) is 0 Å². The second kappa shape index (κ2) is 4.40. The molecule has 1 unspecified atom stereocenters. The van der Waals surface area contributed by atoms with Crippen LogP contribution >= 0.6 is 0 Å². The van der Waals surface area contributed by atoms with E-state index >= 15 is 0 Å². The topological polar surface area (TPSA) is 54.0 Å². The Morgan fingerprint density at radius 1 is 1.60 bits per heavy atom. The normalized spacial score (nSPS) is 17.9. The Labute approximate surface area is 89.1 Å². The smallest absolute Gasteiger partial charge is 0.228 e. The van der Waals surface area contributed by atoms with Gasteiger partial charge in [-0.2, -0.15) is 0 Å². The van der Waals surface area contributed by atoms with E-state index in [0.29, 0.717) is 11.7 Å². The third-order valence-corrected chi connectivity index (χ3v) is 2.85. The Morgan fingerprint density at radius 2 is 2.40 bits per heavy atom. The summed E-state index contributed by atoms with van der Waals surface area (Å²) in [6.07, 6.45) is 1.67. The Bertz CT molecular complexity index is 335. The van der Waals surface area contributed by atoms with Crippen molar-refractivity contribution in [3.63, 3.8) is 0 Å². The van der Waals surface area contributed by atoms with E-state index in [2.05, 4.69) is 15.6 Å². The molecule has 4 heteroatoms. The number of rotatable bonds is 3. The van der Waals surface area contributed by atoms with Crippen molar-refractivity contribution in [1.29, 1.82) is 0 Å². The molecule has 2 rings (SSSR count). The highest BCUT2D eigenvalue weighted by Crippen LogP contribution is 2.17. The van der Waals surface area contributed by atoms with Crippen LogP contribution in [0, 0.1) is 11.8 Å². The average Bonchev–Trinajstić information content (AvgIpc) is 2.16. The van der Waals surface area contributed by atoms with E-state index < -0.39 is 0 Å². The van der Waals surface area contributed by atoms with Crippen molar-refractivity contribution in [3.05, 3.63) is 24.4 Å². The monoisotopic (exact) mass is 205 g/mol. The first-order valence-corrected chi connectivity index (χ1v) is 5.20. The Hall–Kier alpha value is -1.42. The van der Waals surface area contributed by atoms with Gasteiger partial charge in [-0.3, -0.25) is 4.79 Å². The number of nitrogens with zero attached hydrogens (tertiary/aromatic N) is 1. The van der Waals surface area contributed by atoms with Crippen LogP contribution in [0.1, 0.15) is 6.92 Å². The molecular weight excluding hydrogens is 190 g/mol. The molecule has 1 atom stereocenters. The van der Waals surface area contributed by atoms with Gasteiger partial charge >= 0.3 is 0 Å². The van der Waals surface area contributed by atoms with Crippen LogP contribution in [-0.4, -0.2) is 24.0 Å². The molecule has 15 heavy (non-hydrogen) atoms. The SMILES string of the molecule is CC(C(=O)Nc1ccccn1)C1CNC1. The van der Waals surface area contributed by atoms with Crippen LogP contribution in [0.2, 0.25) is 0 Å². The first-order valence-electron chi connectivity index (χ1n) is 5.20. The van der Waals surface area contributed by atoms with Gasteiger partial charge in [-0.15, -0.1) is 0 Å². The van der Waals surface area contributed by atoms with Crippen molar-refractivity contribution in [2.24, 2.45) is 11.8 Å². The number of carbonyl (C=O) groups excluding carboxylic acids is 1. The van der Waals surface area contributed by atoms with Crippen LogP contribution in [0.25, 0.3) is 0 Å². The predicted molar refractivity (Wildman–Crippen MR) is 58.4 cm³/mol. The minimum atomic E-state index is 0.0493. The summed E-state index contributed by atoms with van der Waals surface area (Å²) < 4.78 is 0.